The van der Waals surface area contributed by atoms with E-state index in [1.54, 1.807) is 0 Å². The number of carbonyl (C=O) groups excluding carboxylic acids is 1. The molecule has 1 fully saturated rings. The summed E-state index contributed by atoms with van der Waals surface area (Å²) in [4.78, 5) is 14.4. The molecule has 0 aliphatic carbocycles. The number of hydrogen-bond donors (Lipinski definition) is 1. The smallest absolute Gasteiger partial charge is 0.227 e. The fourth-order valence-electron chi connectivity index (χ4n) is 2.81. The number of rotatable bonds is 4. The molecule has 104 valence electrons. The van der Waals surface area contributed by atoms with Crippen LogP contribution in [0.5, 0.6) is 0 Å². The number of benzene rings is 1. The Hall–Kier alpha value is -1.35. The SMILES string of the molecule is Cc1ccc(CC(CN)C(=O)N2CCCC2)c(C)c1. The third kappa shape index (κ3) is 3.35. The van der Waals surface area contributed by atoms with Gasteiger partial charge in [0.15, 0.2) is 0 Å². The van der Waals surface area contributed by atoms with Gasteiger partial charge in [-0.25, -0.2) is 0 Å². The highest BCUT2D eigenvalue weighted by molar-refractivity contribution is 5.79. The van der Waals surface area contributed by atoms with Gasteiger partial charge < -0.3 is 10.6 Å². The molecule has 1 heterocycles. The molecule has 0 spiro atoms. The molecule has 3 heteroatoms. The maximum atomic E-state index is 12.4. The number of nitrogens with zero attached hydrogens (tertiary/aromatic N) is 1. The Balaban J connectivity index is 2.07. The van der Waals surface area contributed by atoms with Crippen molar-refractivity contribution in [3.05, 3.63) is 34.9 Å². The molecule has 1 aromatic carbocycles. The van der Waals surface area contributed by atoms with E-state index < -0.39 is 0 Å². The van der Waals surface area contributed by atoms with E-state index >= 15 is 0 Å². The number of nitrogens with two attached hydrogens (primary N) is 1. The minimum atomic E-state index is -0.0699. The summed E-state index contributed by atoms with van der Waals surface area (Å²) in [5.41, 5.74) is 9.58. The van der Waals surface area contributed by atoms with Crippen LogP contribution in [-0.4, -0.2) is 30.4 Å². The molecule has 1 amide bonds. The van der Waals surface area contributed by atoms with E-state index in [0.717, 1.165) is 32.4 Å². The van der Waals surface area contributed by atoms with Gasteiger partial charge in [-0.3, -0.25) is 4.79 Å². The van der Waals surface area contributed by atoms with Gasteiger partial charge in [0, 0.05) is 19.6 Å². The molecule has 1 aliphatic rings. The number of hydrogen-bond acceptors (Lipinski definition) is 2. The van der Waals surface area contributed by atoms with Crippen LogP contribution in [0.1, 0.15) is 29.5 Å². The van der Waals surface area contributed by atoms with Gasteiger partial charge in [-0.15, -0.1) is 0 Å². The van der Waals surface area contributed by atoms with Gasteiger partial charge >= 0.3 is 0 Å². The van der Waals surface area contributed by atoms with Crippen molar-refractivity contribution in [2.24, 2.45) is 11.7 Å². The molecular weight excluding hydrogens is 236 g/mol. The minimum absolute atomic E-state index is 0.0699. The van der Waals surface area contributed by atoms with Gasteiger partial charge in [0.2, 0.25) is 5.91 Å². The third-order valence-corrected chi connectivity index (χ3v) is 4.02. The molecule has 1 saturated heterocycles. The molecule has 1 atom stereocenters. The highest BCUT2D eigenvalue weighted by Crippen LogP contribution is 2.18. The first-order chi connectivity index (χ1) is 9.11. The molecule has 1 aliphatic heterocycles. The Morgan fingerprint density at radius 1 is 1.32 bits per heavy atom. The van der Waals surface area contributed by atoms with Crippen LogP contribution < -0.4 is 5.73 Å². The largest absolute Gasteiger partial charge is 0.342 e. The number of aryl methyl sites for hydroxylation is 2. The van der Waals surface area contributed by atoms with Crippen molar-refractivity contribution in [2.75, 3.05) is 19.6 Å². The van der Waals surface area contributed by atoms with Crippen molar-refractivity contribution >= 4 is 5.91 Å². The summed E-state index contributed by atoms with van der Waals surface area (Å²) >= 11 is 0. The fraction of sp³-hybridized carbons (Fsp3) is 0.562. The fourth-order valence-corrected chi connectivity index (χ4v) is 2.81. The summed E-state index contributed by atoms with van der Waals surface area (Å²) in [5, 5.41) is 0. The lowest BCUT2D eigenvalue weighted by Crippen LogP contribution is -2.38. The van der Waals surface area contributed by atoms with Gasteiger partial charge in [-0.1, -0.05) is 23.8 Å². The van der Waals surface area contributed by atoms with Crippen molar-refractivity contribution in [1.82, 2.24) is 4.90 Å². The minimum Gasteiger partial charge on any atom is -0.342 e. The number of likely N-dealkylation sites (tertiary alicyclic amines) is 1. The molecular formula is C16H24N2O. The van der Waals surface area contributed by atoms with E-state index in [2.05, 4.69) is 32.0 Å². The van der Waals surface area contributed by atoms with E-state index in [4.69, 9.17) is 5.73 Å². The molecule has 0 radical (unpaired) electrons. The van der Waals surface area contributed by atoms with E-state index in [1.165, 1.54) is 16.7 Å². The summed E-state index contributed by atoms with van der Waals surface area (Å²) in [6.07, 6.45) is 3.02. The van der Waals surface area contributed by atoms with Crippen LogP contribution in [0.4, 0.5) is 0 Å². The molecule has 19 heavy (non-hydrogen) atoms. The molecule has 1 aromatic rings. The lowest BCUT2D eigenvalue weighted by molar-refractivity contribution is -0.134. The molecule has 3 nitrogen and oxygen atoms in total. The average molecular weight is 260 g/mol. The first kappa shape index (κ1) is 14.1. The second-order valence-corrected chi connectivity index (χ2v) is 5.60. The first-order valence-electron chi connectivity index (χ1n) is 7.17. The number of amides is 1. The van der Waals surface area contributed by atoms with Crippen molar-refractivity contribution in [1.29, 1.82) is 0 Å². The van der Waals surface area contributed by atoms with Crippen LogP contribution in [0.25, 0.3) is 0 Å². The monoisotopic (exact) mass is 260 g/mol. The van der Waals surface area contributed by atoms with Gasteiger partial charge in [-0.2, -0.15) is 0 Å². The Morgan fingerprint density at radius 2 is 2.00 bits per heavy atom. The topological polar surface area (TPSA) is 46.3 Å². The van der Waals surface area contributed by atoms with Gasteiger partial charge in [0.1, 0.15) is 0 Å². The van der Waals surface area contributed by atoms with Crippen LogP contribution in [0.3, 0.4) is 0 Å². The van der Waals surface area contributed by atoms with E-state index in [1.807, 2.05) is 4.90 Å². The van der Waals surface area contributed by atoms with Crippen LogP contribution >= 0.6 is 0 Å². The lowest BCUT2D eigenvalue weighted by atomic mass is 9.94. The predicted octanol–water partition coefficient (Wildman–Crippen LogP) is 2.04. The lowest BCUT2D eigenvalue weighted by Gasteiger charge is -2.22. The van der Waals surface area contributed by atoms with Crippen molar-refractivity contribution in [2.45, 2.75) is 33.1 Å². The van der Waals surface area contributed by atoms with Crippen molar-refractivity contribution in [3.8, 4) is 0 Å². The Bertz CT molecular complexity index is 450. The van der Waals surface area contributed by atoms with Crippen LogP contribution in [0.15, 0.2) is 18.2 Å². The van der Waals surface area contributed by atoms with Gasteiger partial charge in [0.25, 0.3) is 0 Å². The molecule has 1 unspecified atom stereocenters. The Morgan fingerprint density at radius 3 is 2.58 bits per heavy atom. The van der Waals surface area contributed by atoms with Crippen LogP contribution in [0.2, 0.25) is 0 Å². The normalized spacial score (nSPS) is 16.7. The van der Waals surface area contributed by atoms with Crippen molar-refractivity contribution in [3.63, 3.8) is 0 Å². The highest BCUT2D eigenvalue weighted by Gasteiger charge is 2.25. The van der Waals surface area contributed by atoms with Crippen molar-refractivity contribution < 1.29 is 4.79 Å². The van der Waals surface area contributed by atoms with E-state index in [0.29, 0.717) is 6.54 Å². The standard InChI is InChI=1S/C16H24N2O/c1-12-5-6-14(13(2)9-12)10-15(11-17)16(19)18-7-3-4-8-18/h5-6,9,15H,3-4,7-8,10-11,17H2,1-2H3. The molecule has 2 rings (SSSR count). The first-order valence-corrected chi connectivity index (χ1v) is 7.17. The summed E-state index contributed by atoms with van der Waals surface area (Å²) in [5.74, 6) is 0.166. The molecule has 2 N–H and O–H groups in total. The van der Waals surface area contributed by atoms with E-state index in [-0.39, 0.29) is 11.8 Å². The highest BCUT2D eigenvalue weighted by atomic mass is 16.2. The second kappa shape index (κ2) is 6.20. The summed E-state index contributed by atoms with van der Waals surface area (Å²) < 4.78 is 0. The summed E-state index contributed by atoms with van der Waals surface area (Å²) in [6.45, 7) is 6.44. The molecule has 0 saturated carbocycles. The zero-order valence-corrected chi connectivity index (χ0v) is 12.0. The van der Waals surface area contributed by atoms with Gasteiger partial charge in [0.05, 0.1) is 5.92 Å². The Labute approximate surface area is 115 Å². The van der Waals surface area contributed by atoms with Crippen LogP contribution in [-0.2, 0) is 11.2 Å². The summed E-state index contributed by atoms with van der Waals surface area (Å²) in [6, 6.07) is 6.41. The molecule has 0 aromatic heterocycles. The predicted molar refractivity (Wildman–Crippen MR) is 78.0 cm³/mol. The second-order valence-electron chi connectivity index (χ2n) is 5.60. The molecule has 0 bridgehead atoms. The maximum absolute atomic E-state index is 12.4. The van der Waals surface area contributed by atoms with Gasteiger partial charge in [-0.05, 0) is 44.2 Å². The zero-order chi connectivity index (χ0) is 13.8. The quantitative estimate of drug-likeness (QED) is 0.900. The zero-order valence-electron chi connectivity index (χ0n) is 12.0. The van der Waals surface area contributed by atoms with Crippen LogP contribution in [0, 0.1) is 19.8 Å². The Kier molecular flexibility index (Phi) is 4.59. The van der Waals surface area contributed by atoms with E-state index in [9.17, 15) is 4.79 Å². The number of carbonyl (C=O) groups is 1. The average Bonchev–Trinajstić information content (AvgIpc) is 2.91. The maximum Gasteiger partial charge on any atom is 0.227 e. The summed E-state index contributed by atoms with van der Waals surface area (Å²) in [7, 11) is 0. The third-order valence-electron chi connectivity index (χ3n) is 4.02.